The first kappa shape index (κ1) is 25.7. The fraction of sp³-hybridized carbons (Fsp3) is 0.652. The van der Waals surface area contributed by atoms with Crippen molar-refractivity contribution in [3.63, 3.8) is 0 Å². The maximum absolute atomic E-state index is 5.48. The lowest BCUT2D eigenvalue weighted by atomic mass is 9.90. The number of aromatic nitrogens is 1. The number of rotatable bonds is 4. The Hall–Kier alpha value is -0.370. The molecule has 0 saturated heterocycles. The van der Waals surface area contributed by atoms with E-state index in [9.17, 15) is 0 Å². The highest BCUT2D eigenvalue weighted by atomic mass is 35.5. The Bertz CT molecular complexity index is 578. The second-order valence-electron chi connectivity index (χ2n) is 7.72. The van der Waals surface area contributed by atoms with Crippen LogP contribution in [0.15, 0.2) is 34.4 Å². The third-order valence-electron chi connectivity index (χ3n) is 4.98. The van der Waals surface area contributed by atoms with Crippen LogP contribution in [-0.4, -0.2) is 35.8 Å². The van der Waals surface area contributed by atoms with Crippen molar-refractivity contribution in [1.82, 2.24) is 4.98 Å². The van der Waals surface area contributed by atoms with Crippen LogP contribution in [0.25, 0.3) is 0 Å². The fourth-order valence-electron chi connectivity index (χ4n) is 2.92. The van der Waals surface area contributed by atoms with Crippen LogP contribution in [0.2, 0.25) is 0 Å². The number of halogens is 1. The molecule has 0 aliphatic heterocycles. The molecule has 1 heterocycles. The van der Waals surface area contributed by atoms with Crippen LogP contribution in [0, 0.1) is 19.8 Å². The van der Waals surface area contributed by atoms with Crippen LogP contribution in [0.5, 0.6) is 0 Å². The van der Waals surface area contributed by atoms with Gasteiger partial charge in [0.1, 0.15) is 0 Å². The van der Waals surface area contributed by atoms with Crippen molar-refractivity contribution in [2.45, 2.75) is 77.1 Å². The molecule has 28 heavy (non-hydrogen) atoms. The molecule has 0 spiro atoms. The molecule has 2 saturated carbocycles. The first-order valence-corrected chi connectivity index (χ1v) is 14.1. The zero-order chi connectivity index (χ0) is 20.9. The van der Waals surface area contributed by atoms with Gasteiger partial charge >= 0.3 is 0 Å². The van der Waals surface area contributed by atoms with E-state index in [1.807, 2.05) is 33.0 Å². The molecular formula is C23H38ClN2PS. The van der Waals surface area contributed by atoms with E-state index in [0.717, 1.165) is 22.5 Å². The van der Waals surface area contributed by atoms with Gasteiger partial charge in [-0.25, -0.2) is 0 Å². The lowest BCUT2D eigenvalue weighted by molar-refractivity contribution is 0.399. The third-order valence-corrected chi connectivity index (χ3v) is 10.9. The highest BCUT2D eigenvalue weighted by Gasteiger charge is 2.32. The van der Waals surface area contributed by atoms with E-state index in [-0.39, 0.29) is 0 Å². The molecule has 0 N–H and O–H groups in total. The van der Waals surface area contributed by atoms with Crippen LogP contribution in [0.4, 0.5) is 0 Å². The van der Waals surface area contributed by atoms with Crippen LogP contribution < -0.4 is 0 Å². The second-order valence-corrected chi connectivity index (χ2v) is 13.2. The molecule has 158 valence electrons. The van der Waals surface area contributed by atoms with Gasteiger partial charge in [0.25, 0.3) is 0 Å². The summed E-state index contributed by atoms with van der Waals surface area (Å²) in [5, 5.41) is 1.70. The summed E-state index contributed by atoms with van der Waals surface area (Å²) < 4.78 is 0. The van der Waals surface area contributed by atoms with Crippen molar-refractivity contribution < 1.29 is 0 Å². The Labute approximate surface area is 183 Å². The van der Waals surface area contributed by atoms with Crippen molar-refractivity contribution in [3.8, 4) is 0 Å². The molecule has 3 atom stereocenters. The highest BCUT2D eigenvalue weighted by Crippen LogP contribution is 2.63. The third kappa shape index (κ3) is 11.6. The van der Waals surface area contributed by atoms with Gasteiger partial charge < -0.3 is 0 Å². The summed E-state index contributed by atoms with van der Waals surface area (Å²) in [4.78, 5) is 7.76. The SMILES string of the molecule is C/C=C(/Cl)C=NC.C[C@@H]1CCCCC1SP(C)C1CC1.Cc1ccc(C)nc1. The Balaban J connectivity index is 0.000000227. The molecule has 2 aliphatic carbocycles. The molecule has 2 nitrogen and oxygen atoms in total. The van der Waals surface area contributed by atoms with Crippen LogP contribution in [0.3, 0.4) is 0 Å². The molecule has 1 aromatic heterocycles. The molecule has 0 amide bonds. The zero-order valence-corrected chi connectivity index (χ0v) is 21.0. The molecule has 0 radical (unpaired) electrons. The van der Waals surface area contributed by atoms with E-state index < -0.39 is 0 Å². The summed E-state index contributed by atoms with van der Waals surface area (Å²) in [7, 11) is 2.03. The van der Waals surface area contributed by atoms with Crippen LogP contribution >= 0.6 is 30.1 Å². The van der Waals surface area contributed by atoms with E-state index in [4.69, 9.17) is 11.6 Å². The Morgan fingerprint density at radius 1 is 1.21 bits per heavy atom. The number of allylic oxidation sites excluding steroid dienone is 2. The first-order valence-electron chi connectivity index (χ1n) is 10.4. The lowest BCUT2D eigenvalue weighted by Crippen LogP contribution is -2.18. The summed E-state index contributed by atoms with van der Waals surface area (Å²) in [5.41, 5.74) is 3.44. The van der Waals surface area contributed by atoms with E-state index in [1.165, 1.54) is 44.1 Å². The highest BCUT2D eigenvalue weighted by molar-refractivity contribution is 8.56. The molecular weight excluding hydrogens is 403 g/mol. The van der Waals surface area contributed by atoms with Crippen molar-refractivity contribution in [2.24, 2.45) is 10.9 Å². The summed E-state index contributed by atoms with van der Waals surface area (Å²) >= 11 is 7.84. The quantitative estimate of drug-likeness (QED) is 0.349. The van der Waals surface area contributed by atoms with E-state index in [0.29, 0.717) is 12.2 Å². The van der Waals surface area contributed by atoms with Gasteiger partial charge in [0.2, 0.25) is 0 Å². The first-order chi connectivity index (χ1) is 13.4. The molecule has 0 aromatic carbocycles. The van der Waals surface area contributed by atoms with Crippen LogP contribution in [-0.2, 0) is 0 Å². The predicted molar refractivity (Wildman–Crippen MR) is 133 cm³/mol. The minimum atomic E-state index is 0.339. The average Bonchev–Trinajstić information content (AvgIpc) is 3.52. The normalized spacial score (nSPS) is 23.3. The smallest absolute Gasteiger partial charge is 0.0541 e. The van der Waals surface area contributed by atoms with Gasteiger partial charge in [-0.05, 0) is 83.4 Å². The molecule has 1 aromatic rings. The monoisotopic (exact) mass is 440 g/mol. The fourth-order valence-corrected chi connectivity index (χ4v) is 8.48. The summed E-state index contributed by atoms with van der Waals surface area (Å²) in [6, 6.07) is 4.07. The lowest BCUT2D eigenvalue weighted by Gasteiger charge is -2.30. The maximum atomic E-state index is 5.48. The van der Waals surface area contributed by atoms with Gasteiger partial charge in [-0.3, -0.25) is 9.98 Å². The second kappa shape index (κ2) is 14.6. The van der Waals surface area contributed by atoms with Gasteiger partial charge in [0.05, 0.1) is 5.03 Å². The van der Waals surface area contributed by atoms with Gasteiger partial charge in [-0.1, -0.05) is 43.5 Å². The van der Waals surface area contributed by atoms with Crippen molar-refractivity contribution in [3.05, 3.63) is 40.7 Å². The van der Waals surface area contributed by atoms with Crippen molar-refractivity contribution in [2.75, 3.05) is 13.7 Å². The standard InChI is InChI=1S/C11H21PS.C7H9N.C5H8ClN/c1-9-5-3-4-6-11(9)13-12(2)10-7-8-10;1-6-3-4-7(2)8-5-6;1-3-5(6)4-7-2/h9-11H,3-8H2,1-2H3;3-5H,1-2H3;3-4H,1-2H3/b;;5-3+,7-4?/t9-,11?,12?;;/m1../s1. The number of aliphatic imine (C=N–C) groups is 1. The van der Waals surface area contributed by atoms with Gasteiger partial charge in [0, 0.05) is 30.4 Å². The van der Waals surface area contributed by atoms with Crippen molar-refractivity contribution >= 4 is 36.3 Å². The molecule has 2 fully saturated rings. The minimum Gasteiger partial charge on any atom is -0.295 e. The average molecular weight is 441 g/mol. The molecule has 5 heteroatoms. The number of hydrogen-bond donors (Lipinski definition) is 0. The Morgan fingerprint density at radius 2 is 1.89 bits per heavy atom. The van der Waals surface area contributed by atoms with Crippen LogP contribution in [0.1, 0.15) is 63.6 Å². The molecule has 0 bridgehead atoms. The summed E-state index contributed by atoms with van der Waals surface area (Å²) in [6.45, 7) is 10.9. The van der Waals surface area contributed by atoms with Gasteiger partial charge in [0.15, 0.2) is 0 Å². The minimum absolute atomic E-state index is 0.339. The molecule has 2 aliphatic rings. The molecule has 3 rings (SSSR count). The summed E-state index contributed by atoms with van der Waals surface area (Å²) in [5.74, 6) is 1.00. The Morgan fingerprint density at radius 3 is 2.32 bits per heavy atom. The number of aryl methyl sites for hydroxylation is 2. The maximum Gasteiger partial charge on any atom is 0.0541 e. The van der Waals surface area contributed by atoms with E-state index >= 15 is 0 Å². The predicted octanol–water partition coefficient (Wildman–Crippen LogP) is 8.02. The zero-order valence-electron chi connectivity index (χ0n) is 18.5. The molecule has 2 unspecified atom stereocenters. The largest absolute Gasteiger partial charge is 0.295 e. The van der Waals surface area contributed by atoms with Gasteiger partial charge in [-0.2, -0.15) is 0 Å². The Kier molecular flexibility index (Phi) is 13.4. The number of hydrogen-bond acceptors (Lipinski definition) is 3. The van der Waals surface area contributed by atoms with Crippen molar-refractivity contribution in [1.29, 1.82) is 0 Å². The topological polar surface area (TPSA) is 25.2 Å². The number of nitrogens with zero attached hydrogens (tertiary/aromatic N) is 2. The van der Waals surface area contributed by atoms with Gasteiger partial charge in [-0.15, -0.1) is 11.4 Å². The summed E-state index contributed by atoms with van der Waals surface area (Å²) in [6.07, 6.45) is 14.3. The number of pyridine rings is 1. The van der Waals surface area contributed by atoms with E-state index in [2.05, 4.69) is 41.0 Å². The van der Waals surface area contributed by atoms with E-state index in [1.54, 1.807) is 19.3 Å².